The average molecular weight is 159 g/mol. The van der Waals surface area contributed by atoms with E-state index in [4.69, 9.17) is 10.8 Å². The van der Waals surface area contributed by atoms with Crippen molar-refractivity contribution in [3.63, 3.8) is 0 Å². The molecule has 3 N–H and O–H groups in total. The number of aliphatic carboxylic acids is 1. The fourth-order valence-electron chi connectivity index (χ4n) is 1.29. The summed E-state index contributed by atoms with van der Waals surface area (Å²) in [5.74, 6) is -0.971. The van der Waals surface area contributed by atoms with Gasteiger partial charge >= 0.3 is 12.0 Å². The van der Waals surface area contributed by atoms with Crippen LogP contribution in [0.1, 0.15) is 12.8 Å². The molecule has 0 radical (unpaired) electrons. The van der Waals surface area contributed by atoms with Crippen LogP contribution in [0.3, 0.4) is 0 Å². The van der Waals surface area contributed by atoms with Crippen molar-refractivity contribution in [2.45, 2.75) is 18.9 Å². The summed E-state index contributed by atoms with van der Waals surface area (Å²) in [5.41, 5.74) is 4.95. The van der Waals surface area contributed by atoms with Crippen molar-refractivity contribution in [1.29, 1.82) is 0 Å². The quantitative estimate of drug-likeness (QED) is 0.511. The van der Waals surface area contributed by atoms with Gasteiger partial charge in [0.05, 0.1) is 0 Å². The van der Waals surface area contributed by atoms with Gasteiger partial charge in [0.1, 0.15) is 6.04 Å². The molecule has 0 bridgehead atoms. The van der Waals surface area contributed by atoms with E-state index in [0.717, 1.165) is 6.42 Å². The van der Waals surface area contributed by atoms with Gasteiger partial charge in [-0.05, 0) is 12.8 Å². The Labute approximate surface area is 63.8 Å². The summed E-state index contributed by atoms with van der Waals surface area (Å²) in [4.78, 5) is 22.3. The molecule has 1 saturated heterocycles. The minimum Gasteiger partial charge on any atom is -0.480 e. The number of carboxylic acid groups (broad SMARTS) is 1. The number of nitrogens with zero attached hydrogens (tertiary/aromatic N) is 1. The summed E-state index contributed by atoms with van der Waals surface area (Å²) in [6.45, 7) is 0.465. The second-order valence-electron chi connectivity index (χ2n) is 2.53. The molecule has 0 aromatic rings. The molecule has 0 saturated carbocycles. The zero-order valence-electron chi connectivity index (χ0n) is 5.99. The monoisotopic (exact) mass is 159 g/mol. The van der Waals surface area contributed by atoms with Crippen molar-refractivity contribution in [2.75, 3.05) is 6.54 Å². The number of carbonyl (C=O) groups excluding carboxylic acids is 1. The third-order valence-electron chi connectivity index (χ3n) is 1.82. The van der Waals surface area contributed by atoms with Crippen molar-refractivity contribution in [1.82, 2.24) is 4.90 Å². The Morgan fingerprint density at radius 3 is 2.55 bits per heavy atom. The number of primary amides is 1. The summed E-state index contributed by atoms with van der Waals surface area (Å²) in [6, 6.07) is -1.34. The van der Waals surface area contributed by atoms with Crippen LogP contribution in [-0.4, -0.2) is 34.6 Å². The van der Waals surface area contributed by atoms with E-state index < -0.39 is 18.0 Å². The van der Waals surface area contributed by atoms with Crippen LogP contribution in [0, 0.1) is 0 Å². The van der Waals surface area contributed by atoms with Crippen LogP contribution in [0.25, 0.3) is 0 Å². The first-order valence-electron chi connectivity index (χ1n) is 3.42. The maximum Gasteiger partial charge on any atom is 0.326 e. The summed E-state index contributed by atoms with van der Waals surface area (Å²) in [7, 11) is 0. The number of rotatable bonds is 1. The molecule has 0 aromatic carbocycles. The van der Waals surface area contributed by atoms with E-state index in [-0.39, 0.29) is 0 Å². The van der Waals surface area contributed by atoms with Gasteiger partial charge in [0, 0.05) is 6.54 Å². The molecular formula is C6H10N2O3. The van der Waals surface area contributed by atoms with Crippen LogP contribution in [0.2, 0.25) is 0 Å². The van der Waals surface area contributed by atoms with E-state index in [1.807, 2.05) is 0 Å². The molecule has 0 aromatic heterocycles. The predicted molar refractivity (Wildman–Crippen MR) is 36.9 cm³/mol. The number of hydrogen-bond donors (Lipinski definition) is 2. The highest BCUT2D eigenvalue weighted by atomic mass is 16.4. The van der Waals surface area contributed by atoms with Crippen molar-refractivity contribution < 1.29 is 14.7 Å². The Morgan fingerprint density at radius 2 is 2.18 bits per heavy atom. The second-order valence-corrected chi connectivity index (χ2v) is 2.53. The SMILES string of the molecule is NC(=O)N1CCC[13C@H]1C(=O)O. The second kappa shape index (κ2) is 2.77. The van der Waals surface area contributed by atoms with E-state index >= 15 is 0 Å². The number of likely N-dealkylation sites (tertiary alicyclic amines) is 1. The molecule has 11 heavy (non-hydrogen) atoms. The van der Waals surface area contributed by atoms with E-state index in [1.165, 1.54) is 4.90 Å². The number of hydrogen-bond acceptors (Lipinski definition) is 2. The lowest BCUT2D eigenvalue weighted by Crippen LogP contribution is -2.43. The number of carboxylic acids is 1. The first-order valence-corrected chi connectivity index (χ1v) is 3.42. The maximum absolute atomic E-state index is 10.6. The molecular weight excluding hydrogens is 149 g/mol. The van der Waals surface area contributed by atoms with Gasteiger partial charge in [-0.2, -0.15) is 0 Å². The Morgan fingerprint density at radius 1 is 1.55 bits per heavy atom. The third kappa shape index (κ3) is 1.42. The molecule has 0 unspecified atom stereocenters. The molecule has 1 atom stereocenters. The fourth-order valence-corrected chi connectivity index (χ4v) is 1.29. The Bertz CT molecular complexity index is 172. The summed E-state index contributed by atoms with van der Waals surface area (Å²) < 4.78 is 0. The van der Waals surface area contributed by atoms with Crippen molar-refractivity contribution in [3.8, 4) is 0 Å². The molecule has 1 aliphatic heterocycles. The molecule has 62 valence electrons. The molecule has 0 aliphatic carbocycles. The standard InChI is InChI=1S/C6H10N2O3/c7-6(11)8-3-1-2-4(8)5(9)10/h4H,1-3H2,(H2,7,11)(H,9,10)/t4-/m0/s1/i4+1. The van der Waals surface area contributed by atoms with Gasteiger partial charge in [-0.15, -0.1) is 0 Å². The first kappa shape index (κ1) is 7.84. The largest absolute Gasteiger partial charge is 0.480 e. The lowest BCUT2D eigenvalue weighted by molar-refractivity contribution is -0.141. The fraction of sp³-hybridized carbons (Fsp3) is 0.667. The van der Waals surface area contributed by atoms with Crippen molar-refractivity contribution in [2.24, 2.45) is 5.73 Å². The van der Waals surface area contributed by atoms with Crippen LogP contribution in [0.15, 0.2) is 0 Å². The summed E-state index contributed by atoms with van der Waals surface area (Å²) in [6.07, 6.45) is 1.23. The molecule has 5 nitrogen and oxygen atoms in total. The normalized spacial score (nSPS) is 23.6. The highest BCUT2D eigenvalue weighted by Crippen LogP contribution is 2.16. The number of carbonyl (C=O) groups is 2. The lowest BCUT2D eigenvalue weighted by atomic mass is 10.4. The Balaban J connectivity index is 2.65. The minimum atomic E-state index is -0.971. The third-order valence-corrected chi connectivity index (χ3v) is 1.82. The van der Waals surface area contributed by atoms with Crippen LogP contribution in [-0.2, 0) is 4.79 Å². The average Bonchev–Trinajstić information content (AvgIpc) is 2.32. The summed E-state index contributed by atoms with van der Waals surface area (Å²) in [5, 5.41) is 8.58. The highest BCUT2D eigenvalue weighted by Gasteiger charge is 2.32. The Kier molecular flexibility index (Phi) is 1.98. The zero-order valence-corrected chi connectivity index (χ0v) is 5.99. The highest BCUT2D eigenvalue weighted by molar-refractivity contribution is 5.82. The van der Waals surface area contributed by atoms with Gasteiger partial charge in [0.15, 0.2) is 0 Å². The molecule has 1 rings (SSSR count). The van der Waals surface area contributed by atoms with Gasteiger partial charge in [-0.3, -0.25) is 0 Å². The van der Waals surface area contributed by atoms with Crippen LogP contribution in [0.4, 0.5) is 4.79 Å². The smallest absolute Gasteiger partial charge is 0.326 e. The molecule has 1 fully saturated rings. The molecule has 1 aliphatic rings. The van der Waals surface area contributed by atoms with Crippen molar-refractivity contribution in [3.05, 3.63) is 0 Å². The minimum absolute atomic E-state index is 0.465. The lowest BCUT2D eigenvalue weighted by Gasteiger charge is -2.17. The molecule has 0 spiro atoms. The molecule has 1 heterocycles. The van der Waals surface area contributed by atoms with E-state index in [2.05, 4.69) is 0 Å². The first-order chi connectivity index (χ1) is 5.13. The Hall–Kier alpha value is -1.26. The van der Waals surface area contributed by atoms with Crippen LogP contribution >= 0.6 is 0 Å². The zero-order chi connectivity index (χ0) is 8.43. The van der Waals surface area contributed by atoms with Crippen molar-refractivity contribution >= 4 is 12.0 Å². The van der Waals surface area contributed by atoms with Gasteiger partial charge < -0.3 is 15.7 Å². The van der Waals surface area contributed by atoms with Gasteiger partial charge in [0.25, 0.3) is 0 Å². The van der Waals surface area contributed by atoms with Gasteiger partial charge in [-0.25, -0.2) is 9.59 Å². The number of urea groups is 1. The maximum atomic E-state index is 10.6. The summed E-state index contributed by atoms with van der Waals surface area (Å²) >= 11 is 0. The molecule has 2 amide bonds. The predicted octanol–water partition coefficient (Wildman–Crippen LogP) is -0.386. The van der Waals surface area contributed by atoms with E-state index in [0.29, 0.717) is 13.0 Å². The van der Waals surface area contributed by atoms with Gasteiger partial charge in [-0.1, -0.05) is 0 Å². The topological polar surface area (TPSA) is 83.6 Å². The van der Waals surface area contributed by atoms with Crippen LogP contribution in [0.5, 0.6) is 0 Å². The molecule has 5 heteroatoms. The van der Waals surface area contributed by atoms with Gasteiger partial charge in [0.2, 0.25) is 0 Å². The van der Waals surface area contributed by atoms with Crippen LogP contribution < -0.4 is 5.73 Å². The van der Waals surface area contributed by atoms with E-state index in [1.54, 1.807) is 0 Å². The van der Waals surface area contributed by atoms with E-state index in [9.17, 15) is 9.59 Å². The number of nitrogens with two attached hydrogens (primary N) is 1. The number of amides is 2.